The Kier molecular flexibility index (Phi) is 6.62. The summed E-state index contributed by atoms with van der Waals surface area (Å²) in [5.74, 6) is -1.56. The highest BCUT2D eigenvalue weighted by molar-refractivity contribution is 5.89. The van der Waals surface area contributed by atoms with Crippen LogP contribution in [0.2, 0.25) is 0 Å². The van der Waals surface area contributed by atoms with Crippen LogP contribution in [0.25, 0.3) is 11.3 Å². The van der Waals surface area contributed by atoms with Crippen LogP contribution in [0.4, 0.5) is 13.2 Å². The first-order valence-electron chi connectivity index (χ1n) is 7.93. The number of methoxy groups -OCH3 is 1. The molecule has 2 aromatic rings. The van der Waals surface area contributed by atoms with Crippen molar-refractivity contribution in [1.82, 2.24) is 5.32 Å². The quantitative estimate of drug-likeness (QED) is 0.741. The van der Waals surface area contributed by atoms with Gasteiger partial charge in [0.2, 0.25) is 5.76 Å². The summed E-state index contributed by atoms with van der Waals surface area (Å²) in [4.78, 5) is 23.6. The van der Waals surface area contributed by atoms with E-state index in [0.717, 1.165) is 12.1 Å². The lowest BCUT2D eigenvalue weighted by atomic mass is 10.1. The Bertz CT molecular complexity index is 800. The van der Waals surface area contributed by atoms with E-state index in [1.165, 1.54) is 31.4 Å². The third-order valence-electron chi connectivity index (χ3n) is 3.44. The Morgan fingerprint density at radius 3 is 2.63 bits per heavy atom. The highest BCUT2D eigenvalue weighted by Crippen LogP contribution is 2.32. The molecule has 6 nitrogen and oxygen atoms in total. The van der Waals surface area contributed by atoms with E-state index in [9.17, 15) is 22.8 Å². The Labute approximate surface area is 153 Å². The number of benzene rings is 1. The standard InChI is InChI=1S/C18H18F3NO5/c1-11(9-25-2)22-16(23)10-26-17(24)15-7-6-14(27-15)12-4-3-5-13(8-12)18(19,20)21/h3-8,11H,9-10H2,1-2H3,(H,22,23)/t11-/m1/s1. The predicted molar refractivity (Wildman–Crippen MR) is 88.9 cm³/mol. The van der Waals surface area contributed by atoms with Crippen LogP contribution in [-0.2, 0) is 20.4 Å². The minimum atomic E-state index is -4.49. The van der Waals surface area contributed by atoms with Gasteiger partial charge in [0.25, 0.3) is 5.91 Å². The van der Waals surface area contributed by atoms with Crippen molar-refractivity contribution in [2.24, 2.45) is 0 Å². The van der Waals surface area contributed by atoms with Crippen LogP contribution in [0, 0.1) is 0 Å². The summed E-state index contributed by atoms with van der Waals surface area (Å²) < 4.78 is 53.3. The van der Waals surface area contributed by atoms with Crippen LogP contribution < -0.4 is 5.32 Å². The Balaban J connectivity index is 1.99. The number of hydrogen-bond donors (Lipinski definition) is 1. The highest BCUT2D eigenvalue weighted by atomic mass is 19.4. The molecule has 0 fully saturated rings. The second-order valence-corrected chi connectivity index (χ2v) is 5.74. The molecule has 1 atom stereocenters. The lowest BCUT2D eigenvalue weighted by Gasteiger charge is -2.12. The molecule has 0 saturated heterocycles. The Morgan fingerprint density at radius 1 is 1.22 bits per heavy atom. The average Bonchev–Trinajstić information content (AvgIpc) is 3.09. The zero-order valence-corrected chi connectivity index (χ0v) is 14.6. The van der Waals surface area contributed by atoms with Gasteiger partial charge in [-0.1, -0.05) is 12.1 Å². The first-order valence-corrected chi connectivity index (χ1v) is 7.93. The number of carbonyl (C=O) groups is 2. The first kappa shape index (κ1) is 20.5. The summed E-state index contributed by atoms with van der Waals surface area (Å²) in [5, 5.41) is 2.56. The monoisotopic (exact) mass is 385 g/mol. The molecule has 0 saturated carbocycles. The van der Waals surface area contributed by atoms with Crippen LogP contribution in [0.5, 0.6) is 0 Å². The zero-order valence-electron chi connectivity index (χ0n) is 14.6. The third kappa shape index (κ3) is 5.85. The minimum absolute atomic E-state index is 0.0752. The van der Waals surface area contributed by atoms with E-state index < -0.39 is 30.2 Å². The average molecular weight is 385 g/mol. The molecule has 146 valence electrons. The summed E-state index contributed by atoms with van der Waals surface area (Å²) in [7, 11) is 1.49. The number of nitrogens with one attached hydrogen (secondary N) is 1. The highest BCUT2D eigenvalue weighted by Gasteiger charge is 2.30. The maximum absolute atomic E-state index is 12.8. The van der Waals surface area contributed by atoms with Gasteiger partial charge in [-0.3, -0.25) is 4.79 Å². The lowest BCUT2D eigenvalue weighted by molar-refractivity contribution is -0.137. The number of esters is 1. The van der Waals surface area contributed by atoms with Crippen molar-refractivity contribution >= 4 is 11.9 Å². The van der Waals surface area contributed by atoms with E-state index in [0.29, 0.717) is 6.61 Å². The van der Waals surface area contributed by atoms with Crippen LogP contribution in [0.1, 0.15) is 23.0 Å². The Hall–Kier alpha value is -2.81. The van der Waals surface area contributed by atoms with Crippen molar-refractivity contribution in [3.8, 4) is 11.3 Å². The van der Waals surface area contributed by atoms with Gasteiger partial charge in [-0.2, -0.15) is 13.2 Å². The van der Waals surface area contributed by atoms with E-state index >= 15 is 0 Å². The SMILES string of the molecule is COC[C@@H](C)NC(=O)COC(=O)c1ccc(-c2cccc(C(F)(F)F)c2)o1. The maximum Gasteiger partial charge on any atom is 0.416 e. The summed E-state index contributed by atoms with van der Waals surface area (Å²) in [6.07, 6.45) is -4.49. The van der Waals surface area contributed by atoms with E-state index in [1.807, 2.05) is 0 Å². The number of ether oxygens (including phenoxy) is 2. The van der Waals surface area contributed by atoms with Gasteiger partial charge < -0.3 is 19.2 Å². The fraction of sp³-hybridized carbons (Fsp3) is 0.333. The second-order valence-electron chi connectivity index (χ2n) is 5.74. The van der Waals surface area contributed by atoms with E-state index in [1.54, 1.807) is 6.92 Å². The van der Waals surface area contributed by atoms with Crippen LogP contribution in [-0.4, -0.2) is 38.2 Å². The number of alkyl halides is 3. The fourth-order valence-corrected chi connectivity index (χ4v) is 2.26. The summed E-state index contributed by atoms with van der Waals surface area (Å²) in [5.41, 5.74) is -0.669. The third-order valence-corrected chi connectivity index (χ3v) is 3.44. The van der Waals surface area contributed by atoms with Crippen LogP contribution in [0.15, 0.2) is 40.8 Å². The van der Waals surface area contributed by atoms with Gasteiger partial charge in [0.15, 0.2) is 6.61 Å². The number of furan rings is 1. The minimum Gasteiger partial charge on any atom is -0.450 e. The molecule has 27 heavy (non-hydrogen) atoms. The van der Waals surface area contributed by atoms with E-state index in [2.05, 4.69) is 5.32 Å². The predicted octanol–water partition coefficient (Wildman–Crippen LogP) is 3.27. The molecule has 0 aliphatic carbocycles. The van der Waals surface area contributed by atoms with Crippen molar-refractivity contribution < 1.29 is 36.7 Å². The summed E-state index contributed by atoms with van der Waals surface area (Å²) in [6.45, 7) is 1.50. The van der Waals surface area contributed by atoms with Gasteiger partial charge in [-0.05, 0) is 31.2 Å². The normalized spacial score (nSPS) is 12.5. The van der Waals surface area contributed by atoms with Gasteiger partial charge in [-0.15, -0.1) is 0 Å². The van der Waals surface area contributed by atoms with Crippen molar-refractivity contribution in [1.29, 1.82) is 0 Å². The maximum atomic E-state index is 12.8. The Morgan fingerprint density at radius 2 is 1.96 bits per heavy atom. The van der Waals surface area contributed by atoms with Gasteiger partial charge in [-0.25, -0.2) is 4.79 Å². The molecule has 0 unspecified atom stereocenters. The molecule has 1 aromatic carbocycles. The zero-order chi connectivity index (χ0) is 20.0. The lowest BCUT2D eigenvalue weighted by Crippen LogP contribution is -2.38. The smallest absolute Gasteiger partial charge is 0.416 e. The largest absolute Gasteiger partial charge is 0.450 e. The molecule has 2 rings (SSSR count). The molecule has 9 heteroatoms. The molecule has 0 spiro atoms. The molecule has 1 amide bonds. The summed E-state index contributed by atoms with van der Waals surface area (Å²) >= 11 is 0. The van der Waals surface area contributed by atoms with Gasteiger partial charge >= 0.3 is 12.1 Å². The van der Waals surface area contributed by atoms with Gasteiger partial charge in [0, 0.05) is 18.7 Å². The fourth-order valence-electron chi connectivity index (χ4n) is 2.26. The van der Waals surface area contributed by atoms with Crippen molar-refractivity contribution in [3.63, 3.8) is 0 Å². The molecule has 1 N–H and O–H groups in total. The number of rotatable bonds is 7. The molecule has 0 radical (unpaired) electrons. The molecule has 1 aromatic heterocycles. The van der Waals surface area contributed by atoms with Gasteiger partial charge in [0.1, 0.15) is 5.76 Å². The van der Waals surface area contributed by atoms with E-state index in [4.69, 9.17) is 13.9 Å². The number of halogens is 3. The van der Waals surface area contributed by atoms with Crippen molar-refractivity contribution in [3.05, 3.63) is 47.7 Å². The molecule has 0 aliphatic heterocycles. The van der Waals surface area contributed by atoms with Crippen molar-refractivity contribution in [2.45, 2.75) is 19.1 Å². The number of amides is 1. The summed E-state index contributed by atoms with van der Waals surface area (Å²) in [6, 6.07) is 6.88. The van der Waals surface area contributed by atoms with E-state index in [-0.39, 0.29) is 23.1 Å². The van der Waals surface area contributed by atoms with Crippen LogP contribution >= 0.6 is 0 Å². The molecule has 0 aliphatic rings. The van der Waals surface area contributed by atoms with Gasteiger partial charge in [0.05, 0.1) is 12.2 Å². The molecular formula is C18H18F3NO5. The molecule has 0 bridgehead atoms. The number of hydrogen-bond acceptors (Lipinski definition) is 5. The topological polar surface area (TPSA) is 77.8 Å². The molecular weight excluding hydrogens is 367 g/mol. The number of carbonyl (C=O) groups excluding carboxylic acids is 2. The molecule has 1 heterocycles. The van der Waals surface area contributed by atoms with Crippen molar-refractivity contribution in [2.75, 3.05) is 20.3 Å². The van der Waals surface area contributed by atoms with Crippen LogP contribution in [0.3, 0.4) is 0 Å². The second kappa shape index (κ2) is 8.72. The first-order chi connectivity index (χ1) is 12.7.